The van der Waals surface area contributed by atoms with Crippen LogP contribution in [-0.2, 0) is 16.6 Å². The molecule has 0 bridgehead atoms. The van der Waals surface area contributed by atoms with Crippen molar-refractivity contribution >= 4 is 21.7 Å². The van der Waals surface area contributed by atoms with E-state index >= 15 is 0 Å². The standard InChI is InChI=1S/C22H21NO6S/c1-28-17-11-13-18(14-12-17)30(26,27)23(15-16-7-4-3-5-8-16)21-19(22(24)25)9-6-10-20(21)29-2/h3-14H,15H2,1-2H3,(H,24,25). The molecule has 0 aliphatic heterocycles. The average Bonchev–Trinajstić information content (AvgIpc) is 2.77. The Kier molecular flexibility index (Phi) is 6.27. The number of hydrogen-bond acceptors (Lipinski definition) is 5. The maximum absolute atomic E-state index is 13.6. The molecule has 0 aliphatic rings. The number of aromatic carboxylic acids is 1. The molecular weight excluding hydrogens is 406 g/mol. The monoisotopic (exact) mass is 427 g/mol. The Morgan fingerprint density at radius 1 is 0.900 bits per heavy atom. The number of hydrogen-bond donors (Lipinski definition) is 1. The number of anilines is 1. The van der Waals surface area contributed by atoms with Gasteiger partial charge in [0.25, 0.3) is 10.0 Å². The van der Waals surface area contributed by atoms with E-state index in [1.54, 1.807) is 24.3 Å². The molecule has 3 rings (SSSR count). The highest BCUT2D eigenvalue weighted by molar-refractivity contribution is 7.92. The van der Waals surface area contributed by atoms with Crippen molar-refractivity contribution in [2.75, 3.05) is 18.5 Å². The number of rotatable bonds is 8. The summed E-state index contributed by atoms with van der Waals surface area (Å²) in [7, 11) is -1.28. The number of methoxy groups -OCH3 is 2. The largest absolute Gasteiger partial charge is 0.497 e. The Labute approximate surface area is 175 Å². The summed E-state index contributed by atoms with van der Waals surface area (Å²) in [5, 5.41) is 9.71. The fourth-order valence-electron chi connectivity index (χ4n) is 3.03. The second kappa shape index (κ2) is 8.87. The van der Waals surface area contributed by atoms with E-state index in [1.807, 2.05) is 6.07 Å². The first-order valence-electron chi connectivity index (χ1n) is 8.99. The van der Waals surface area contributed by atoms with Gasteiger partial charge in [-0.3, -0.25) is 4.31 Å². The van der Waals surface area contributed by atoms with E-state index in [9.17, 15) is 18.3 Å². The predicted octanol–water partition coefficient (Wildman–Crippen LogP) is 3.80. The third-order valence-corrected chi connectivity index (χ3v) is 6.27. The molecule has 0 unspecified atom stereocenters. The van der Waals surface area contributed by atoms with Crippen molar-refractivity contribution < 1.29 is 27.8 Å². The van der Waals surface area contributed by atoms with Gasteiger partial charge in [0.2, 0.25) is 0 Å². The first kappa shape index (κ1) is 21.2. The predicted molar refractivity (Wildman–Crippen MR) is 113 cm³/mol. The molecule has 30 heavy (non-hydrogen) atoms. The zero-order chi connectivity index (χ0) is 21.7. The molecule has 0 aromatic heterocycles. The highest BCUT2D eigenvalue weighted by Gasteiger charge is 2.31. The van der Waals surface area contributed by atoms with Crippen LogP contribution < -0.4 is 13.8 Å². The molecular formula is C22H21NO6S. The van der Waals surface area contributed by atoms with Crippen molar-refractivity contribution in [2.45, 2.75) is 11.4 Å². The molecule has 3 aromatic carbocycles. The first-order chi connectivity index (χ1) is 14.4. The maximum atomic E-state index is 13.6. The van der Waals surface area contributed by atoms with Gasteiger partial charge in [-0.15, -0.1) is 0 Å². The second-order valence-corrected chi connectivity index (χ2v) is 8.20. The van der Waals surface area contributed by atoms with Crippen LogP contribution in [0.5, 0.6) is 11.5 Å². The molecule has 3 aromatic rings. The SMILES string of the molecule is COc1ccc(S(=O)(=O)N(Cc2ccccc2)c2c(OC)cccc2C(=O)O)cc1. The molecule has 0 atom stereocenters. The molecule has 1 N–H and O–H groups in total. The summed E-state index contributed by atoms with van der Waals surface area (Å²) in [4.78, 5) is 11.9. The molecule has 0 saturated heterocycles. The number of nitrogens with zero attached hydrogens (tertiary/aromatic N) is 1. The van der Waals surface area contributed by atoms with Crippen molar-refractivity contribution in [1.29, 1.82) is 0 Å². The van der Waals surface area contributed by atoms with Crippen LogP contribution in [0.25, 0.3) is 0 Å². The summed E-state index contributed by atoms with van der Waals surface area (Å²) in [6, 6.07) is 19.2. The zero-order valence-electron chi connectivity index (χ0n) is 16.5. The van der Waals surface area contributed by atoms with Gasteiger partial charge in [0.15, 0.2) is 0 Å². The lowest BCUT2D eigenvalue weighted by molar-refractivity contribution is 0.0697. The van der Waals surface area contributed by atoms with Gasteiger partial charge in [-0.05, 0) is 42.0 Å². The maximum Gasteiger partial charge on any atom is 0.337 e. The Hall–Kier alpha value is -3.52. The van der Waals surface area contributed by atoms with Gasteiger partial charge in [0.1, 0.15) is 17.2 Å². The van der Waals surface area contributed by atoms with E-state index in [0.29, 0.717) is 11.3 Å². The molecule has 0 spiro atoms. The zero-order valence-corrected chi connectivity index (χ0v) is 17.3. The number of carbonyl (C=O) groups is 1. The molecule has 0 saturated carbocycles. The Balaban J connectivity index is 2.23. The summed E-state index contributed by atoms with van der Waals surface area (Å²) in [5.74, 6) is -0.609. The van der Waals surface area contributed by atoms with E-state index < -0.39 is 16.0 Å². The lowest BCUT2D eigenvalue weighted by Gasteiger charge is -2.27. The van der Waals surface area contributed by atoms with Gasteiger partial charge in [0.05, 0.1) is 31.2 Å². The molecule has 0 aliphatic carbocycles. The number of sulfonamides is 1. The first-order valence-corrected chi connectivity index (χ1v) is 10.4. The van der Waals surface area contributed by atoms with Crippen LogP contribution in [0.2, 0.25) is 0 Å². The molecule has 156 valence electrons. The highest BCUT2D eigenvalue weighted by atomic mass is 32.2. The van der Waals surface area contributed by atoms with Crippen molar-refractivity contribution in [3.63, 3.8) is 0 Å². The third kappa shape index (κ3) is 4.23. The van der Waals surface area contributed by atoms with E-state index in [1.165, 1.54) is 56.7 Å². The van der Waals surface area contributed by atoms with Gasteiger partial charge < -0.3 is 14.6 Å². The van der Waals surface area contributed by atoms with Crippen molar-refractivity contribution in [3.8, 4) is 11.5 Å². The van der Waals surface area contributed by atoms with Gasteiger partial charge in [-0.2, -0.15) is 0 Å². The van der Waals surface area contributed by atoms with E-state index in [-0.39, 0.29) is 28.4 Å². The van der Waals surface area contributed by atoms with Gasteiger partial charge >= 0.3 is 5.97 Å². The van der Waals surface area contributed by atoms with Crippen LogP contribution in [0.15, 0.2) is 77.7 Å². The van der Waals surface area contributed by atoms with Gasteiger partial charge in [-0.25, -0.2) is 13.2 Å². The fourth-order valence-corrected chi connectivity index (χ4v) is 4.51. The van der Waals surface area contributed by atoms with Crippen LogP contribution in [0.4, 0.5) is 5.69 Å². The van der Waals surface area contributed by atoms with Crippen molar-refractivity contribution in [1.82, 2.24) is 0 Å². The topological polar surface area (TPSA) is 93.1 Å². The minimum absolute atomic E-state index is 0.00137. The van der Waals surface area contributed by atoms with Crippen molar-refractivity contribution in [2.24, 2.45) is 0 Å². The number of ether oxygens (including phenoxy) is 2. The fraction of sp³-hybridized carbons (Fsp3) is 0.136. The van der Waals surface area contributed by atoms with E-state index in [4.69, 9.17) is 9.47 Å². The van der Waals surface area contributed by atoms with Crippen LogP contribution >= 0.6 is 0 Å². The smallest absolute Gasteiger partial charge is 0.337 e. The minimum Gasteiger partial charge on any atom is -0.497 e. The number of para-hydroxylation sites is 1. The number of carboxylic acids is 1. The Morgan fingerprint density at radius 3 is 2.13 bits per heavy atom. The summed E-state index contributed by atoms with van der Waals surface area (Å²) in [5.41, 5.74) is 0.478. The lowest BCUT2D eigenvalue weighted by atomic mass is 10.1. The Bertz CT molecular complexity index is 1130. The molecule has 0 amide bonds. The minimum atomic E-state index is -4.13. The molecule has 0 heterocycles. The normalized spacial score (nSPS) is 11.0. The summed E-state index contributed by atoms with van der Waals surface area (Å²) >= 11 is 0. The quantitative estimate of drug-likeness (QED) is 0.588. The molecule has 0 fully saturated rings. The van der Waals surface area contributed by atoms with Gasteiger partial charge in [0, 0.05) is 0 Å². The van der Waals surface area contributed by atoms with Crippen molar-refractivity contribution in [3.05, 3.63) is 83.9 Å². The molecule has 7 nitrogen and oxygen atoms in total. The lowest BCUT2D eigenvalue weighted by Crippen LogP contribution is -2.32. The van der Waals surface area contributed by atoms with E-state index in [0.717, 1.165) is 4.31 Å². The van der Waals surface area contributed by atoms with Crippen LogP contribution in [0, 0.1) is 0 Å². The van der Waals surface area contributed by atoms with Crippen LogP contribution in [-0.4, -0.2) is 33.7 Å². The van der Waals surface area contributed by atoms with Crippen LogP contribution in [0.3, 0.4) is 0 Å². The number of benzene rings is 3. The Morgan fingerprint density at radius 2 is 1.57 bits per heavy atom. The van der Waals surface area contributed by atoms with Crippen LogP contribution in [0.1, 0.15) is 15.9 Å². The molecule has 8 heteroatoms. The van der Waals surface area contributed by atoms with E-state index in [2.05, 4.69) is 0 Å². The molecule has 0 radical (unpaired) electrons. The summed E-state index contributed by atoms with van der Waals surface area (Å²) < 4.78 is 38.7. The summed E-state index contributed by atoms with van der Waals surface area (Å²) in [6.07, 6.45) is 0. The van der Waals surface area contributed by atoms with Gasteiger partial charge in [-0.1, -0.05) is 36.4 Å². The third-order valence-electron chi connectivity index (χ3n) is 4.52. The second-order valence-electron chi connectivity index (χ2n) is 6.33. The average molecular weight is 427 g/mol. The summed E-state index contributed by atoms with van der Waals surface area (Å²) in [6.45, 7) is -0.0736. The highest BCUT2D eigenvalue weighted by Crippen LogP contribution is 2.37. The number of carboxylic acid groups (broad SMARTS) is 1.